The van der Waals surface area contributed by atoms with Crippen molar-refractivity contribution in [3.63, 3.8) is 0 Å². The molecule has 2 aromatic carbocycles. The van der Waals surface area contributed by atoms with Gasteiger partial charge >= 0.3 is 0 Å². The highest BCUT2D eigenvalue weighted by molar-refractivity contribution is 9.10. The Bertz CT molecular complexity index is 1130. The molecule has 1 aromatic heterocycles. The minimum absolute atomic E-state index is 0.0704. The number of amides is 2. The fraction of sp³-hybridized carbons (Fsp3) is 0.238. The quantitative estimate of drug-likeness (QED) is 0.404. The van der Waals surface area contributed by atoms with E-state index in [1.807, 2.05) is 12.1 Å². The molecular formula is C21H20BrF2N5O3S. The van der Waals surface area contributed by atoms with Gasteiger partial charge in [-0.2, -0.15) is 0 Å². The predicted molar refractivity (Wildman–Crippen MR) is 123 cm³/mol. The van der Waals surface area contributed by atoms with Crippen molar-refractivity contribution in [3.05, 3.63) is 63.9 Å². The number of nitrogens with one attached hydrogen (secondary N) is 2. The Morgan fingerprint density at radius 3 is 2.55 bits per heavy atom. The fourth-order valence-corrected chi connectivity index (χ4v) is 4.00. The van der Waals surface area contributed by atoms with Gasteiger partial charge in [0.1, 0.15) is 11.6 Å². The van der Waals surface area contributed by atoms with Crippen molar-refractivity contribution in [2.75, 3.05) is 18.2 Å². The van der Waals surface area contributed by atoms with Crippen LogP contribution in [-0.4, -0.2) is 39.4 Å². The SMILES string of the molecule is COc1ccc(CC(=O)NCc2nnc(SCC(=O)Nc3c(F)cc(F)cc3Br)n2C)cc1. The number of hydrogen-bond acceptors (Lipinski definition) is 6. The van der Waals surface area contributed by atoms with E-state index in [0.717, 1.165) is 23.4 Å². The van der Waals surface area contributed by atoms with Crippen molar-refractivity contribution in [3.8, 4) is 5.75 Å². The molecule has 0 aliphatic carbocycles. The Balaban J connectivity index is 1.50. The lowest BCUT2D eigenvalue weighted by atomic mass is 10.1. The second-order valence-corrected chi connectivity index (χ2v) is 8.64. The lowest BCUT2D eigenvalue weighted by Gasteiger charge is -2.09. The van der Waals surface area contributed by atoms with Crippen molar-refractivity contribution < 1.29 is 23.1 Å². The van der Waals surface area contributed by atoms with Gasteiger partial charge in [-0.1, -0.05) is 23.9 Å². The number of ether oxygens (including phenoxy) is 1. The lowest BCUT2D eigenvalue weighted by molar-refractivity contribution is -0.120. The van der Waals surface area contributed by atoms with E-state index in [0.29, 0.717) is 22.8 Å². The zero-order valence-electron chi connectivity index (χ0n) is 17.7. The maximum Gasteiger partial charge on any atom is 0.234 e. The molecule has 0 saturated heterocycles. The Kier molecular flexibility index (Phi) is 8.39. The molecule has 0 fully saturated rings. The zero-order chi connectivity index (χ0) is 24.0. The number of carbonyl (C=O) groups excluding carboxylic acids is 2. The van der Waals surface area contributed by atoms with Crippen molar-refractivity contribution in [1.82, 2.24) is 20.1 Å². The fourth-order valence-electron chi connectivity index (χ4n) is 2.76. The highest BCUT2D eigenvalue weighted by Gasteiger charge is 2.16. The van der Waals surface area contributed by atoms with E-state index in [4.69, 9.17) is 4.74 Å². The van der Waals surface area contributed by atoms with E-state index in [-0.39, 0.29) is 34.8 Å². The van der Waals surface area contributed by atoms with Crippen LogP contribution in [-0.2, 0) is 29.6 Å². The average molecular weight is 540 g/mol. The van der Waals surface area contributed by atoms with E-state index < -0.39 is 17.5 Å². The molecule has 0 aliphatic rings. The summed E-state index contributed by atoms with van der Waals surface area (Å²) in [4.78, 5) is 24.4. The summed E-state index contributed by atoms with van der Waals surface area (Å²) in [6.45, 7) is 0.166. The smallest absolute Gasteiger partial charge is 0.234 e. The molecule has 12 heteroatoms. The maximum absolute atomic E-state index is 13.9. The largest absolute Gasteiger partial charge is 0.497 e. The Morgan fingerprint density at radius 2 is 1.88 bits per heavy atom. The summed E-state index contributed by atoms with van der Waals surface area (Å²) in [5.41, 5.74) is 0.706. The van der Waals surface area contributed by atoms with Crippen LogP contribution in [0.1, 0.15) is 11.4 Å². The molecule has 33 heavy (non-hydrogen) atoms. The molecule has 8 nitrogen and oxygen atoms in total. The summed E-state index contributed by atoms with van der Waals surface area (Å²) in [7, 11) is 3.29. The van der Waals surface area contributed by atoms with Crippen LogP contribution in [0.4, 0.5) is 14.5 Å². The molecule has 1 heterocycles. The average Bonchev–Trinajstić information content (AvgIpc) is 3.13. The summed E-state index contributed by atoms with van der Waals surface area (Å²) in [5.74, 6) is -1.16. The van der Waals surface area contributed by atoms with Crippen LogP contribution < -0.4 is 15.4 Å². The first-order valence-electron chi connectivity index (χ1n) is 9.62. The van der Waals surface area contributed by atoms with E-state index in [2.05, 4.69) is 36.8 Å². The summed E-state index contributed by atoms with van der Waals surface area (Å²) in [6, 6.07) is 8.95. The number of nitrogens with zero attached hydrogens (tertiary/aromatic N) is 3. The molecule has 0 bridgehead atoms. The third-order valence-corrected chi connectivity index (χ3v) is 6.14. The highest BCUT2D eigenvalue weighted by Crippen LogP contribution is 2.27. The number of anilines is 1. The molecule has 0 atom stereocenters. The first-order valence-corrected chi connectivity index (χ1v) is 11.4. The summed E-state index contributed by atoms with van der Waals surface area (Å²) in [5, 5.41) is 13.7. The van der Waals surface area contributed by atoms with Crippen molar-refractivity contribution in [2.45, 2.75) is 18.1 Å². The maximum atomic E-state index is 13.9. The highest BCUT2D eigenvalue weighted by atomic mass is 79.9. The molecule has 0 spiro atoms. The minimum Gasteiger partial charge on any atom is -0.497 e. The minimum atomic E-state index is -0.883. The number of benzene rings is 2. The lowest BCUT2D eigenvalue weighted by Crippen LogP contribution is -2.26. The standard InChI is InChI=1S/C21H20BrF2N5O3S/c1-29-17(10-25-18(30)7-12-3-5-14(32-2)6-4-12)27-28-21(29)33-11-19(31)26-20-15(22)8-13(23)9-16(20)24/h3-6,8-9H,7,10-11H2,1-2H3,(H,25,30)(H,26,31). The predicted octanol–water partition coefficient (Wildman–Crippen LogP) is 3.45. The van der Waals surface area contributed by atoms with Gasteiger partial charge in [0.2, 0.25) is 11.8 Å². The van der Waals surface area contributed by atoms with Gasteiger partial charge in [0, 0.05) is 17.6 Å². The second-order valence-electron chi connectivity index (χ2n) is 6.84. The molecule has 0 radical (unpaired) electrons. The third-order valence-electron chi connectivity index (χ3n) is 4.50. The van der Waals surface area contributed by atoms with Crippen LogP contribution in [0.15, 0.2) is 46.0 Å². The van der Waals surface area contributed by atoms with Gasteiger partial charge in [0.05, 0.1) is 31.5 Å². The molecule has 0 aliphatic heterocycles. The zero-order valence-corrected chi connectivity index (χ0v) is 20.1. The van der Waals surface area contributed by atoms with Gasteiger partial charge in [-0.3, -0.25) is 9.59 Å². The molecule has 174 valence electrons. The first-order chi connectivity index (χ1) is 15.8. The Morgan fingerprint density at radius 1 is 1.15 bits per heavy atom. The Hall–Kier alpha value is -2.99. The normalized spacial score (nSPS) is 10.7. The van der Waals surface area contributed by atoms with Crippen molar-refractivity contribution >= 4 is 45.2 Å². The van der Waals surface area contributed by atoms with E-state index in [1.54, 1.807) is 30.9 Å². The number of carbonyl (C=O) groups is 2. The van der Waals surface area contributed by atoms with Crippen LogP contribution in [0, 0.1) is 11.6 Å². The van der Waals surface area contributed by atoms with Crippen LogP contribution >= 0.6 is 27.7 Å². The monoisotopic (exact) mass is 539 g/mol. The van der Waals surface area contributed by atoms with Crippen molar-refractivity contribution in [2.24, 2.45) is 7.05 Å². The van der Waals surface area contributed by atoms with Crippen LogP contribution in [0.25, 0.3) is 0 Å². The second kappa shape index (κ2) is 11.2. The molecule has 2 N–H and O–H groups in total. The van der Waals surface area contributed by atoms with Gasteiger partial charge in [-0.05, 0) is 39.7 Å². The number of thioether (sulfide) groups is 1. The third kappa shape index (κ3) is 6.75. The van der Waals surface area contributed by atoms with Crippen LogP contribution in [0.2, 0.25) is 0 Å². The van der Waals surface area contributed by atoms with Crippen LogP contribution in [0.3, 0.4) is 0 Å². The Labute approximate surface area is 201 Å². The summed E-state index contributed by atoms with van der Waals surface area (Å²) < 4.78 is 33.9. The summed E-state index contributed by atoms with van der Waals surface area (Å²) >= 11 is 4.12. The van der Waals surface area contributed by atoms with E-state index >= 15 is 0 Å². The molecule has 0 unspecified atom stereocenters. The van der Waals surface area contributed by atoms with E-state index in [9.17, 15) is 18.4 Å². The van der Waals surface area contributed by atoms with E-state index in [1.165, 1.54) is 0 Å². The van der Waals surface area contributed by atoms with Gasteiger partial charge in [-0.15, -0.1) is 10.2 Å². The number of hydrogen-bond donors (Lipinski definition) is 2. The topological polar surface area (TPSA) is 98.1 Å². The summed E-state index contributed by atoms with van der Waals surface area (Å²) in [6.07, 6.45) is 0.207. The molecule has 0 saturated carbocycles. The molecule has 3 rings (SSSR count). The number of rotatable bonds is 9. The van der Waals surface area contributed by atoms with Crippen molar-refractivity contribution in [1.29, 1.82) is 0 Å². The molecule has 2 amide bonds. The molecular weight excluding hydrogens is 520 g/mol. The van der Waals surface area contributed by atoms with Gasteiger partial charge in [0.15, 0.2) is 16.8 Å². The molecule has 3 aromatic rings. The van der Waals surface area contributed by atoms with Crippen LogP contribution in [0.5, 0.6) is 5.75 Å². The van der Waals surface area contributed by atoms with Gasteiger partial charge in [-0.25, -0.2) is 8.78 Å². The number of halogens is 3. The number of methoxy groups -OCH3 is 1. The first kappa shape index (κ1) is 24.6. The van der Waals surface area contributed by atoms with Gasteiger partial charge < -0.3 is 19.9 Å². The number of aromatic nitrogens is 3. The van der Waals surface area contributed by atoms with Gasteiger partial charge in [0.25, 0.3) is 0 Å².